The Morgan fingerprint density at radius 1 is 1.42 bits per heavy atom. The summed E-state index contributed by atoms with van der Waals surface area (Å²) in [6.45, 7) is 5.84. The molecule has 0 radical (unpaired) electrons. The molecule has 0 amide bonds. The summed E-state index contributed by atoms with van der Waals surface area (Å²) < 4.78 is 15.3. The van der Waals surface area contributed by atoms with Crippen molar-refractivity contribution in [2.75, 3.05) is 0 Å². The van der Waals surface area contributed by atoms with Crippen LogP contribution >= 0.6 is 0 Å². The van der Waals surface area contributed by atoms with Crippen molar-refractivity contribution in [1.82, 2.24) is 14.9 Å². The highest BCUT2D eigenvalue weighted by atomic mass is 19.1. The van der Waals surface area contributed by atoms with E-state index in [1.165, 1.54) is 6.07 Å². The molecule has 0 bridgehead atoms. The van der Waals surface area contributed by atoms with E-state index in [-0.39, 0.29) is 11.9 Å². The van der Waals surface area contributed by atoms with Crippen LogP contribution < -0.4 is 5.32 Å². The number of imidazole rings is 1. The Hall–Kier alpha value is -1.68. The van der Waals surface area contributed by atoms with Crippen molar-refractivity contribution < 1.29 is 4.39 Å². The molecule has 0 aliphatic heterocycles. The van der Waals surface area contributed by atoms with Gasteiger partial charge in [0.1, 0.15) is 11.6 Å². The van der Waals surface area contributed by atoms with Crippen molar-refractivity contribution in [3.63, 3.8) is 0 Å². The Kier molecular flexibility index (Phi) is 4.68. The lowest BCUT2D eigenvalue weighted by Gasteiger charge is -2.15. The maximum atomic E-state index is 13.2. The molecule has 102 valence electrons. The van der Waals surface area contributed by atoms with Crippen LogP contribution in [-0.2, 0) is 13.1 Å². The van der Waals surface area contributed by atoms with Gasteiger partial charge >= 0.3 is 0 Å². The molecule has 0 spiro atoms. The van der Waals surface area contributed by atoms with Crippen molar-refractivity contribution in [3.05, 3.63) is 53.9 Å². The van der Waals surface area contributed by atoms with E-state index in [2.05, 4.69) is 21.8 Å². The molecule has 1 aromatic carbocycles. The van der Waals surface area contributed by atoms with Gasteiger partial charge < -0.3 is 9.88 Å². The fourth-order valence-electron chi connectivity index (χ4n) is 2.09. The van der Waals surface area contributed by atoms with Crippen molar-refractivity contribution in [3.8, 4) is 0 Å². The zero-order valence-electron chi connectivity index (χ0n) is 11.4. The number of benzene rings is 1. The van der Waals surface area contributed by atoms with Gasteiger partial charge in [-0.05, 0) is 31.0 Å². The monoisotopic (exact) mass is 261 g/mol. The number of nitrogens with one attached hydrogen (secondary N) is 1. The first-order valence-corrected chi connectivity index (χ1v) is 6.69. The zero-order chi connectivity index (χ0) is 13.7. The molecule has 4 heteroatoms. The molecule has 0 saturated carbocycles. The number of halogens is 1. The van der Waals surface area contributed by atoms with Crippen molar-refractivity contribution in [2.45, 2.75) is 39.4 Å². The van der Waals surface area contributed by atoms with Crippen molar-refractivity contribution >= 4 is 0 Å². The smallest absolute Gasteiger partial charge is 0.123 e. The molecule has 1 aromatic heterocycles. The molecule has 0 unspecified atom stereocenters. The normalized spacial score (nSPS) is 12.6. The Balaban J connectivity index is 1.96. The van der Waals surface area contributed by atoms with Crippen LogP contribution in [0.15, 0.2) is 36.7 Å². The molecule has 0 aliphatic carbocycles. The summed E-state index contributed by atoms with van der Waals surface area (Å²) in [6, 6.07) is 6.79. The third-order valence-electron chi connectivity index (χ3n) is 3.18. The second kappa shape index (κ2) is 6.48. The number of rotatable bonds is 6. The first-order valence-electron chi connectivity index (χ1n) is 6.69. The molecule has 2 aromatic rings. The summed E-state index contributed by atoms with van der Waals surface area (Å²) in [6.07, 6.45) is 4.90. The van der Waals surface area contributed by atoms with Gasteiger partial charge in [0.25, 0.3) is 0 Å². The molecule has 0 aliphatic rings. The fourth-order valence-corrected chi connectivity index (χ4v) is 2.09. The molecule has 0 fully saturated rings. The first-order chi connectivity index (χ1) is 9.20. The minimum atomic E-state index is -0.196. The molecule has 1 heterocycles. The molecule has 1 atom stereocenters. The lowest BCUT2D eigenvalue weighted by molar-refractivity contribution is 0.528. The predicted molar refractivity (Wildman–Crippen MR) is 74.2 cm³/mol. The number of hydrogen-bond donors (Lipinski definition) is 1. The van der Waals surface area contributed by atoms with Gasteiger partial charge in [-0.25, -0.2) is 9.37 Å². The minimum absolute atomic E-state index is 0.0995. The predicted octanol–water partition coefficient (Wildman–Crippen LogP) is 3.28. The number of aryl methyl sites for hydroxylation is 1. The van der Waals surface area contributed by atoms with Crippen LogP contribution in [-0.4, -0.2) is 9.55 Å². The third kappa shape index (κ3) is 3.64. The third-order valence-corrected chi connectivity index (χ3v) is 3.18. The van der Waals surface area contributed by atoms with Gasteiger partial charge in [0.05, 0.1) is 6.54 Å². The van der Waals surface area contributed by atoms with Crippen LogP contribution in [0.25, 0.3) is 0 Å². The van der Waals surface area contributed by atoms with E-state index in [1.54, 1.807) is 12.1 Å². The Labute approximate surface area is 113 Å². The summed E-state index contributed by atoms with van der Waals surface area (Å²) in [5.41, 5.74) is 0.952. The average Bonchev–Trinajstić information content (AvgIpc) is 2.84. The van der Waals surface area contributed by atoms with Crippen molar-refractivity contribution in [2.24, 2.45) is 0 Å². The van der Waals surface area contributed by atoms with E-state index >= 15 is 0 Å². The van der Waals surface area contributed by atoms with Gasteiger partial charge in [-0.2, -0.15) is 0 Å². The SMILES string of the molecule is CCCn1ccnc1CN[C@H](C)c1cccc(F)c1. The van der Waals surface area contributed by atoms with E-state index in [0.29, 0.717) is 6.54 Å². The van der Waals surface area contributed by atoms with Crippen LogP contribution in [0.3, 0.4) is 0 Å². The lowest BCUT2D eigenvalue weighted by atomic mass is 10.1. The maximum Gasteiger partial charge on any atom is 0.123 e. The average molecular weight is 261 g/mol. The highest BCUT2D eigenvalue weighted by molar-refractivity contribution is 5.19. The molecule has 0 saturated heterocycles. The van der Waals surface area contributed by atoms with E-state index in [0.717, 1.165) is 24.4 Å². The van der Waals surface area contributed by atoms with Crippen LogP contribution in [0.4, 0.5) is 4.39 Å². The van der Waals surface area contributed by atoms with Crippen LogP contribution in [0.5, 0.6) is 0 Å². The van der Waals surface area contributed by atoms with Gasteiger partial charge in [-0.3, -0.25) is 0 Å². The van der Waals surface area contributed by atoms with Gasteiger partial charge in [0.15, 0.2) is 0 Å². The Morgan fingerprint density at radius 3 is 3.00 bits per heavy atom. The highest BCUT2D eigenvalue weighted by Crippen LogP contribution is 2.14. The number of aromatic nitrogens is 2. The van der Waals surface area contributed by atoms with Crippen LogP contribution in [0, 0.1) is 5.82 Å². The van der Waals surface area contributed by atoms with E-state index in [1.807, 2.05) is 25.4 Å². The molecular formula is C15H20FN3. The van der Waals surface area contributed by atoms with Gasteiger partial charge in [0, 0.05) is 25.0 Å². The van der Waals surface area contributed by atoms with E-state index in [4.69, 9.17) is 0 Å². The standard InChI is InChI=1S/C15H20FN3/c1-3-8-19-9-7-17-15(19)11-18-12(2)13-5-4-6-14(16)10-13/h4-7,9-10,12,18H,3,8,11H2,1-2H3/t12-/m1/s1. The minimum Gasteiger partial charge on any atom is -0.334 e. The fraction of sp³-hybridized carbons (Fsp3) is 0.400. The summed E-state index contributed by atoms with van der Waals surface area (Å²) >= 11 is 0. The quantitative estimate of drug-likeness (QED) is 0.864. The first kappa shape index (κ1) is 13.7. The topological polar surface area (TPSA) is 29.9 Å². The van der Waals surface area contributed by atoms with Gasteiger partial charge in [0.2, 0.25) is 0 Å². The zero-order valence-corrected chi connectivity index (χ0v) is 11.4. The van der Waals surface area contributed by atoms with Crippen molar-refractivity contribution in [1.29, 1.82) is 0 Å². The van der Waals surface area contributed by atoms with Crippen LogP contribution in [0.2, 0.25) is 0 Å². The molecule has 2 rings (SSSR count). The second-order valence-corrected chi connectivity index (χ2v) is 4.69. The van der Waals surface area contributed by atoms with Gasteiger partial charge in [-0.15, -0.1) is 0 Å². The highest BCUT2D eigenvalue weighted by Gasteiger charge is 2.08. The summed E-state index contributed by atoms with van der Waals surface area (Å²) in [7, 11) is 0. The van der Waals surface area contributed by atoms with Gasteiger partial charge in [-0.1, -0.05) is 19.1 Å². The lowest BCUT2D eigenvalue weighted by Crippen LogP contribution is -2.20. The number of nitrogens with zero attached hydrogens (tertiary/aromatic N) is 2. The molecule has 19 heavy (non-hydrogen) atoms. The van der Waals surface area contributed by atoms with E-state index in [9.17, 15) is 4.39 Å². The maximum absolute atomic E-state index is 13.2. The van der Waals surface area contributed by atoms with E-state index < -0.39 is 0 Å². The largest absolute Gasteiger partial charge is 0.334 e. The Morgan fingerprint density at radius 2 is 2.26 bits per heavy atom. The second-order valence-electron chi connectivity index (χ2n) is 4.69. The Bertz CT molecular complexity index is 522. The molecule has 3 nitrogen and oxygen atoms in total. The molecular weight excluding hydrogens is 241 g/mol. The summed E-state index contributed by atoms with van der Waals surface area (Å²) in [5, 5.41) is 3.38. The number of hydrogen-bond acceptors (Lipinski definition) is 2. The summed E-state index contributed by atoms with van der Waals surface area (Å²) in [4.78, 5) is 4.34. The van der Waals surface area contributed by atoms with Crippen LogP contribution in [0.1, 0.15) is 37.7 Å². The summed E-state index contributed by atoms with van der Waals surface area (Å²) in [5.74, 6) is 0.823. The molecule has 1 N–H and O–H groups in total.